The Morgan fingerprint density at radius 3 is 2.74 bits per heavy atom. The smallest absolute Gasteiger partial charge is 0.224 e. The molecule has 1 aromatic carbocycles. The van der Waals surface area contributed by atoms with Gasteiger partial charge in [0, 0.05) is 18.5 Å². The van der Waals surface area contributed by atoms with Gasteiger partial charge in [-0.15, -0.1) is 12.4 Å². The van der Waals surface area contributed by atoms with Crippen molar-refractivity contribution < 1.29 is 13.9 Å². The quantitative estimate of drug-likeness (QED) is 0.831. The number of rotatable bonds is 6. The summed E-state index contributed by atoms with van der Waals surface area (Å²) < 4.78 is 19.0. The van der Waals surface area contributed by atoms with Crippen LogP contribution in [0, 0.1) is 17.7 Å². The summed E-state index contributed by atoms with van der Waals surface area (Å²) in [4.78, 5) is 12.2. The minimum absolute atomic E-state index is 0. The number of nitrogens with two attached hydrogens (primary N) is 1. The molecule has 23 heavy (non-hydrogen) atoms. The van der Waals surface area contributed by atoms with E-state index in [2.05, 4.69) is 5.32 Å². The van der Waals surface area contributed by atoms with Gasteiger partial charge in [-0.3, -0.25) is 4.79 Å². The van der Waals surface area contributed by atoms with Gasteiger partial charge in [0.25, 0.3) is 0 Å². The lowest BCUT2D eigenvalue weighted by molar-refractivity contribution is -0.117. The van der Waals surface area contributed by atoms with E-state index in [9.17, 15) is 9.18 Å². The highest BCUT2D eigenvalue weighted by atomic mass is 35.5. The summed E-state index contributed by atoms with van der Waals surface area (Å²) in [5.74, 6) is 0.794. The fourth-order valence-electron chi connectivity index (χ4n) is 2.97. The number of nitrogens with one attached hydrogen (secondary N) is 1. The van der Waals surface area contributed by atoms with E-state index in [1.807, 2.05) is 0 Å². The summed E-state index contributed by atoms with van der Waals surface area (Å²) in [7, 11) is 0. The molecule has 0 saturated heterocycles. The Kier molecular flexibility index (Phi) is 6.25. The van der Waals surface area contributed by atoms with Crippen LogP contribution in [0.3, 0.4) is 0 Å². The van der Waals surface area contributed by atoms with Crippen molar-refractivity contribution in [1.82, 2.24) is 0 Å². The fraction of sp³-hybridized carbons (Fsp3) is 0.588. The third-order valence-electron chi connectivity index (χ3n) is 4.55. The molecule has 2 atom stereocenters. The third kappa shape index (κ3) is 5.08. The van der Waals surface area contributed by atoms with Gasteiger partial charge in [0.05, 0.1) is 12.3 Å². The number of anilines is 1. The van der Waals surface area contributed by atoms with Crippen LogP contribution in [0.4, 0.5) is 10.1 Å². The summed E-state index contributed by atoms with van der Waals surface area (Å²) in [6, 6.07) is 4.34. The molecule has 3 rings (SSSR count). The van der Waals surface area contributed by atoms with Crippen molar-refractivity contribution in [3.05, 3.63) is 24.0 Å². The Morgan fingerprint density at radius 2 is 2.09 bits per heavy atom. The lowest BCUT2D eigenvalue weighted by Crippen LogP contribution is -2.28. The van der Waals surface area contributed by atoms with Crippen molar-refractivity contribution >= 4 is 24.0 Å². The molecule has 6 heteroatoms. The van der Waals surface area contributed by atoms with E-state index in [-0.39, 0.29) is 36.1 Å². The minimum atomic E-state index is -0.360. The van der Waals surface area contributed by atoms with E-state index >= 15 is 0 Å². The molecule has 0 aromatic heterocycles. The maximum Gasteiger partial charge on any atom is 0.224 e. The fourth-order valence-corrected chi connectivity index (χ4v) is 2.97. The maximum absolute atomic E-state index is 13.4. The number of hydrogen-bond donors (Lipinski definition) is 2. The first-order chi connectivity index (χ1) is 10.6. The Morgan fingerprint density at radius 1 is 1.30 bits per heavy atom. The summed E-state index contributed by atoms with van der Waals surface area (Å²) >= 11 is 0. The zero-order valence-corrected chi connectivity index (χ0v) is 13.9. The van der Waals surface area contributed by atoms with E-state index < -0.39 is 0 Å². The molecular weight excluding hydrogens is 319 g/mol. The second-order valence-electron chi connectivity index (χ2n) is 6.50. The van der Waals surface area contributed by atoms with E-state index in [1.54, 1.807) is 6.07 Å². The van der Waals surface area contributed by atoms with Crippen LogP contribution in [0.25, 0.3) is 0 Å². The van der Waals surface area contributed by atoms with Crippen molar-refractivity contribution in [1.29, 1.82) is 0 Å². The predicted molar refractivity (Wildman–Crippen MR) is 90.4 cm³/mol. The lowest BCUT2D eigenvalue weighted by atomic mass is 10.00. The van der Waals surface area contributed by atoms with Crippen LogP contribution in [-0.4, -0.2) is 18.6 Å². The topological polar surface area (TPSA) is 64.4 Å². The molecule has 1 amide bonds. The predicted octanol–water partition coefficient (Wildman–Crippen LogP) is 3.49. The second-order valence-corrected chi connectivity index (χ2v) is 6.50. The highest BCUT2D eigenvalue weighted by Crippen LogP contribution is 2.33. The highest BCUT2D eigenvalue weighted by molar-refractivity contribution is 5.92. The van der Waals surface area contributed by atoms with E-state index in [0.29, 0.717) is 30.4 Å². The SMILES string of the molecule is Cl.N[C@@H]1CCC[C@H]1CC(=O)Nc1ccc(F)cc1OCC1CC1. The molecular formula is C17H24ClFN2O2. The van der Waals surface area contributed by atoms with E-state index in [1.165, 1.54) is 12.1 Å². The average Bonchev–Trinajstić information content (AvgIpc) is 3.23. The number of benzene rings is 1. The van der Waals surface area contributed by atoms with Crippen molar-refractivity contribution in [3.63, 3.8) is 0 Å². The molecule has 0 aliphatic heterocycles. The molecule has 0 spiro atoms. The first-order valence-electron chi connectivity index (χ1n) is 8.09. The number of amides is 1. The van der Waals surface area contributed by atoms with Crippen molar-refractivity contribution in [2.75, 3.05) is 11.9 Å². The van der Waals surface area contributed by atoms with Crippen LogP contribution in [-0.2, 0) is 4.79 Å². The molecule has 4 nitrogen and oxygen atoms in total. The Labute approximate surface area is 142 Å². The molecule has 2 saturated carbocycles. The molecule has 128 valence electrons. The Hall–Kier alpha value is -1.33. The Bertz CT molecular complexity index is 551. The van der Waals surface area contributed by atoms with Crippen LogP contribution >= 0.6 is 12.4 Å². The van der Waals surface area contributed by atoms with Gasteiger partial charge in [-0.2, -0.15) is 0 Å². The third-order valence-corrected chi connectivity index (χ3v) is 4.55. The van der Waals surface area contributed by atoms with Gasteiger partial charge in [0.2, 0.25) is 5.91 Å². The van der Waals surface area contributed by atoms with Crippen LogP contribution in [0.5, 0.6) is 5.75 Å². The van der Waals surface area contributed by atoms with Crippen molar-refractivity contribution in [3.8, 4) is 5.75 Å². The monoisotopic (exact) mass is 342 g/mol. The first kappa shape index (κ1) is 18.0. The van der Waals surface area contributed by atoms with Gasteiger partial charge in [0.15, 0.2) is 0 Å². The van der Waals surface area contributed by atoms with Crippen LogP contribution in [0.1, 0.15) is 38.5 Å². The molecule has 3 N–H and O–H groups in total. The average molecular weight is 343 g/mol. The Balaban J connectivity index is 0.00000192. The van der Waals surface area contributed by atoms with Gasteiger partial charge in [-0.1, -0.05) is 6.42 Å². The molecule has 1 aromatic rings. The summed E-state index contributed by atoms with van der Waals surface area (Å²) in [5.41, 5.74) is 6.54. The van der Waals surface area contributed by atoms with Gasteiger partial charge in [-0.05, 0) is 49.7 Å². The molecule has 2 aliphatic carbocycles. The summed E-state index contributed by atoms with van der Waals surface area (Å²) in [6.45, 7) is 0.583. The van der Waals surface area contributed by atoms with Gasteiger partial charge in [0.1, 0.15) is 11.6 Å². The zero-order chi connectivity index (χ0) is 15.5. The summed E-state index contributed by atoms with van der Waals surface area (Å²) in [5, 5.41) is 2.84. The molecule has 2 fully saturated rings. The van der Waals surface area contributed by atoms with Gasteiger partial charge in [-0.25, -0.2) is 4.39 Å². The number of hydrogen-bond acceptors (Lipinski definition) is 3. The largest absolute Gasteiger partial charge is 0.491 e. The number of halogens is 2. The molecule has 0 heterocycles. The van der Waals surface area contributed by atoms with Crippen LogP contribution in [0.15, 0.2) is 18.2 Å². The molecule has 2 aliphatic rings. The zero-order valence-electron chi connectivity index (χ0n) is 13.1. The lowest BCUT2D eigenvalue weighted by Gasteiger charge is -2.16. The van der Waals surface area contributed by atoms with Crippen molar-refractivity contribution in [2.45, 2.75) is 44.6 Å². The maximum atomic E-state index is 13.4. The standard InChI is InChI=1S/C17H23FN2O2.ClH/c18-13-6-7-15(16(9-13)22-10-11-4-5-11)20-17(21)8-12-2-1-3-14(12)19;/h6-7,9,11-12,14H,1-5,8,10,19H2,(H,20,21);1H/t12-,14+;/m0./s1. The van der Waals surface area contributed by atoms with E-state index in [4.69, 9.17) is 10.5 Å². The van der Waals surface area contributed by atoms with Crippen LogP contribution < -0.4 is 15.8 Å². The number of carbonyl (C=O) groups is 1. The molecule has 0 bridgehead atoms. The second kappa shape index (κ2) is 7.97. The van der Waals surface area contributed by atoms with Gasteiger partial charge < -0.3 is 15.8 Å². The van der Waals surface area contributed by atoms with Crippen molar-refractivity contribution in [2.24, 2.45) is 17.6 Å². The minimum Gasteiger partial charge on any atom is -0.491 e. The molecule has 0 unspecified atom stereocenters. The number of carbonyl (C=O) groups excluding carboxylic acids is 1. The first-order valence-corrected chi connectivity index (χ1v) is 8.09. The van der Waals surface area contributed by atoms with E-state index in [0.717, 1.165) is 32.1 Å². The van der Waals surface area contributed by atoms with Gasteiger partial charge >= 0.3 is 0 Å². The highest BCUT2D eigenvalue weighted by Gasteiger charge is 2.26. The van der Waals surface area contributed by atoms with Crippen LogP contribution in [0.2, 0.25) is 0 Å². The molecule has 0 radical (unpaired) electrons. The normalized spacial score (nSPS) is 23.2. The summed E-state index contributed by atoms with van der Waals surface area (Å²) in [6.07, 6.45) is 5.83. The number of ether oxygens (including phenoxy) is 1.